The molecule has 1 aromatic carbocycles. The fraction of sp³-hybridized carbons (Fsp3) is 0.381. The van der Waals surface area contributed by atoms with Crippen LogP contribution < -0.4 is 9.47 Å². The maximum Gasteiger partial charge on any atom is 0.259 e. The second-order valence-corrected chi connectivity index (χ2v) is 6.95. The molecule has 3 aromatic rings. The van der Waals surface area contributed by atoms with E-state index in [9.17, 15) is 4.79 Å². The number of carbonyl (C=O) groups excluding carboxylic acids is 1. The minimum atomic E-state index is -0.112. The van der Waals surface area contributed by atoms with Crippen LogP contribution in [-0.2, 0) is 0 Å². The first-order valence-corrected chi connectivity index (χ1v) is 9.20. The standard InChI is InChI=1S/C21H25N3O4/c1-13(2)18-12-17(19-14(3)23-28-20(19)22-18)21(25)24(4)10-11-27-16-8-6-15(26-5)7-9-16/h6-9,12-13H,10-11H2,1-5H3. The highest BCUT2D eigenvalue weighted by atomic mass is 16.5. The number of benzene rings is 1. The Kier molecular flexibility index (Phi) is 5.82. The third-order valence-corrected chi connectivity index (χ3v) is 4.56. The molecule has 0 unspecified atom stereocenters. The lowest BCUT2D eigenvalue weighted by atomic mass is 10.0. The molecule has 0 aliphatic rings. The van der Waals surface area contributed by atoms with Gasteiger partial charge in [0, 0.05) is 12.7 Å². The molecule has 3 rings (SSSR count). The number of likely N-dealkylation sites (N-methyl/N-ethyl adjacent to an activating group) is 1. The van der Waals surface area contributed by atoms with Gasteiger partial charge in [-0.1, -0.05) is 19.0 Å². The Balaban J connectivity index is 1.72. The van der Waals surface area contributed by atoms with Crippen LogP contribution in [0, 0.1) is 6.92 Å². The van der Waals surface area contributed by atoms with Crippen LogP contribution in [0.1, 0.15) is 41.5 Å². The van der Waals surface area contributed by atoms with Gasteiger partial charge >= 0.3 is 0 Å². The van der Waals surface area contributed by atoms with Crippen molar-refractivity contribution in [1.82, 2.24) is 15.0 Å². The normalized spacial score (nSPS) is 11.1. The van der Waals surface area contributed by atoms with Crippen molar-refractivity contribution in [2.45, 2.75) is 26.7 Å². The Labute approximate surface area is 164 Å². The largest absolute Gasteiger partial charge is 0.497 e. The van der Waals surface area contributed by atoms with Crippen LogP contribution in [0.4, 0.5) is 0 Å². The molecule has 0 N–H and O–H groups in total. The molecular weight excluding hydrogens is 358 g/mol. The molecule has 148 valence electrons. The van der Waals surface area contributed by atoms with Gasteiger partial charge in [0.05, 0.1) is 30.3 Å². The molecular formula is C21H25N3O4. The summed E-state index contributed by atoms with van der Waals surface area (Å²) in [6.07, 6.45) is 0. The first-order valence-electron chi connectivity index (χ1n) is 9.20. The predicted molar refractivity (Wildman–Crippen MR) is 106 cm³/mol. The molecule has 0 aliphatic heterocycles. The number of pyridine rings is 1. The molecule has 0 spiro atoms. The lowest BCUT2D eigenvalue weighted by molar-refractivity contribution is 0.0775. The van der Waals surface area contributed by atoms with Crippen molar-refractivity contribution in [1.29, 1.82) is 0 Å². The molecule has 0 saturated carbocycles. The third kappa shape index (κ3) is 4.08. The number of carbonyl (C=O) groups is 1. The molecule has 0 saturated heterocycles. The van der Waals surface area contributed by atoms with Gasteiger partial charge in [0.2, 0.25) is 0 Å². The van der Waals surface area contributed by atoms with Gasteiger partial charge < -0.3 is 18.9 Å². The summed E-state index contributed by atoms with van der Waals surface area (Å²) < 4.78 is 16.2. The molecule has 0 fully saturated rings. The molecule has 7 nitrogen and oxygen atoms in total. The Morgan fingerprint density at radius 1 is 1.21 bits per heavy atom. The second kappa shape index (κ2) is 8.29. The van der Waals surface area contributed by atoms with Gasteiger partial charge in [0.25, 0.3) is 11.6 Å². The number of aromatic nitrogens is 2. The van der Waals surface area contributed by atoms with Crippen LogP contribution in [0.3, 0.4) is 0 Å². The summed E-state index contributed by atoms with van der Waals surface area (Å²) in [5.74, 6) is 1.56. The number of rotatable bonds is 7. The number of ether oxygens (including phenoxy) is 2. The van der Waals surface area contributed by atoms with Crippen LogP contribution in [0.5, 0.6) is 11.5 Å². The minimum Gasteiger partial charge on any atom is -0.497 e. The summed E-state index contributed by atoms with van der Waals surface area (Å²) in [6.45, 7) is 6.68. The van der Waals surface area contributed by atoms with Gasteiger partial charge in [-0.25, -0.2) is 4.98 Å². The van der Waals surface area contributed by atoms with E-state index in [1.165, 1.54) is 0 Å². The quantitative estimate of drug-likeness (QED) is 0.617. The summed E-state index contributed by atoms with van der Waals surface area (Å²) in [6, 6.07) is 9.17. The zero-order valence-corrected chi connectivity index (χ0v) is 16.9. The zero-order valence-electron chi connectivity index (χ0n) is 16.9. The number of hydrogen-bond acceptors (Lipinski definition) is 6. The summed E-state index contributed by atoms with van der Waals surface area (Å²) in [4.78, 5) is 19.2. The molecule has 28 heavy (non-hydrogen) atoms. The Hall–Kier alpha value is -3.09. The number of hydrogen-bond donors (Lipinski definition) is 0. The Bertz CT molecular complexity index is 964. The molecule has 7 heteroatoms. The summed E-state index contributed by atoms with van der Waals surface area (Å²) >= 11 is 0. The van der Waals surface area contributed by atoms with Gasteiger partial charge in [-0.15, -0.1) is 0 Å². The van der Waals surface area contributed by atoms with Crippen LogP contribution in [0.25, 0.3) is 11.1 Å². The first kappa shape index (κ1) is 19.7. The SMILES string of the molecule is COc1ccc(OCCN(C)C(=O)c2cc(C(C)C)nc3onc(C)c23)cc1. The number of aryl methyl sites for hydroxylation is 1. The van der Waals surface area contributed by atoms with E-state index in [4.69, 9.17) is 14.0 Å². The summed E-state index contributed by atoms with van der Waals surface area (Å²) in [7, 11) is 3.37. The van der Waals surface area contributed by atoms with Gasteiger partial charge in [-0.05, 0) is 43.2 Å². The zero-order chi connectivity index (χ0) is 20.3. The second-order valence-electron chi connectivity index (χ2n) is 6.95. The number of fused-ring (bicyclic) bond motifs is 1. The highest BCUT2D eigenvalue weighted by Gasteiger charge is 2.22. The van der Waals surface area contributed by atoms with E-state index in [0.29, 0.717) is 35.5 Å². The van der Waals surface area contributed by atoms with Crippen molar-refractivity contribution in [3.63, 3.8) is 0 Å². The van der Waals surface area contributed by atoms with Crippen LogP contribution >= 0.6 is 0 Å². The van der Waals surface area contributed by atoms with Crippen molar-refractivity contribution < 1.29 is 18.8 Å². The van der Waals surface area contributed by atoms with E-state index >= 15 is 0 Å². The van der Waals surface area contributed by atoms with Crippen molar-refractivity contribution in [2.75, 3.05) is 27.3 Å². The maximum atomic E-state index is 13.1. The molecule has 0 atom stereocenters. The lowest BCUT2D eigenvalue weighted by Crippen LogP contribution is -2.31. The monoisotopic (exact) mass is 383 g/mol. The summed E-state index contributed by atoms with van der Waals surface area (Å²) in [5.41, 5.74) is 2.41. The van der Waals surface area contributed by atoms with E-state index in [0.717, 1.165) is 17.2 Å². The lowest BCUT2D eigenvalue weighted by Gasteiger charge is -2.19. The number of amides is 1. The van der Waals surface area contributed by atoms with E-state index in [-0.39, 0.29) is 11.8 Å². The van der Waals surface area contributed by atoms with Crippen LogP contribution in [0.15, 0.2) is 34.9 Å². The van der Waals surface area contributed by atoms with E-state index in [2.05, 4.69) is 10.1 Å². The Morgan fingerprint density at radius 3 is 2.54 bits per heavy atom. The predicted octanol–water partition coefficient (Wildman–Crippen LogP) is 3.81. The van der Waals surface area contributed by atoms with Crippen LogP contribution in [-0.4, -0.2) is 48.3 Å². The average molecular weight is 383 g/mol. The van der Waals surface area contributed by atoms with E-state index in [1.807, 2.05) is 51.1 Å². The minimum absolute atomic E-state index is 0.112. The average Bonchev–Trinajstić information content (AvgIpc) is 3.08. The third-order valence-electron chi connectivity index (χ3n) is 4.56. The molecule has 0 radical (unpaired) electrons. The fourth-order valence-electron chi connectivity index (χ4n) is 2.86. The summed E-state index contributed by atoms with van der Waals surface area (Å²) in [5, 5.41) is 4.64. The van der Waals surface area contributed by atoms with Gasteiger partial charge in [-0.3, -0.25) is 4.79 Å². The smallest absolute Gasteiger partial charge is 0.259 e. The number of methoxy groups -OCH3 is 1. The highest BCUT2D eigenvalue weighted by molar-refractivity contribution is 6.05. The van der Waals surface area contributed by atoms with Crippen molar-refractivity contribution in [3.05, 3.63) is 47.3 Å². The van der Waals surface area contributed by atoms with Crippen molar-refractivity contribution in [2.24, 2.45) is 0 Å². The van der Waals surface area contributed by atoms with Crippen molar-refractivity contribution >= 4 is 17.0 Å². The molecule has 1 amide bonds. The van der Waals surface area contributed by atoms with E-state index in [1.54, 1.807) is 19.1 Å². The topological polar surface area (TPSA) is 77.7 Å². The fourth-order valence-corrected chi connectivity index (χ4v) is 2.86. The molecule has 2 aromatic heterocycles. The first-order chi connectivity index (χ1) is 13.4. The van der Waals surface area contributed by atoms with Gasteiger partial charge in [0.15, 0.2) is 0 Å². The maximum absolute atomic E-state index is 13.1. The highest BCUT2D eigenvalue weighted by Crippen LogP contribution is 2.26. The molecule has 0 bridgehead atoms. The van der Waals surface area contributed by atoms with Gasteiger partial charge in [0.1, 0.15) is 18.1 Å². The molecule has 0 aliphatic carbocycles. The Morgan fingerprint density at radius 2 is 1.89 bits per heavy atom. The number of nitrogens with zero attached hydrogens (tertiary/aromatic N) is 3. The molecule has 2 heterocycles. The van der Waals surface area contributed by atoms with E-state index < -0.39 is 0 Å². The van der Waals surface area contributed by atoms with Crippen LogP contribution in [0.2, 0.25) is 0 Å². The van der Waals surface area contributed by atoms with Crippen molar-refractivity contribution in [3.8, 4) is 11.5 Å². The van der Waals surface area contributed by atoms with Gasteiger partial charge in [-0.2, -0.15) is 0 Å².